The molecule has 1 aromatic rings. The van der Waals surface area contributed by atoms with Crippen molar-refractivity contribution in [2.45, 2.75) is 19.9 Å². The molecular weight excluding hydrogens is 236 g/mol. The van der Waals surface area contributed by atoms with Gasteiger partial charge in [-0.25, -0.2) is 4.79 Å². The lowest BCUT2D eigenvalue weighted by atomic mass is 10.1. The van der Waals surface area contributed by atoms with Crippen LogP contribution in [0.1, 0.15) is 18.9 Å². The van der Waals surface area contributed by atoms with Gasteiger partial charge in [-0.05, 0) is 12.0 Å². The van der Waals surface area contributed by atoms with Crippen molar-refractivity contribution in [1.82, 2.24) is 10.2 Å². The summed E-state index contributed by atoms with van der Waals surface area (Å²) in [5.41, 5.74) is 0.909. The second-order valence-electron chi connectivity index (χ2n) is 4.38. The number of aliphatic carboxylic acids is 1. The van der Waals surface area contributed by atoms with Crippen LogP contribution in [0.4, 0.5) is 4.79 Å². The van der Waals surface area contributed by atoms with Gasteiger partial charge in [-0.2, -0.15) is 0 Å². The quantitative estimate of drug-likeness (QED) is 0.806. The molecule has 0 fully saturated rings. The summed E-state index contributed by atoms with van der Waals surface area (Å²) in [5.74, 6) is -0.947. The molecule has 1 unspecified atom stereocenters. The van der Waals surface area contributed by atoms with Gasteiger partial charge in [-0.15, -0.1) is 0 Å². The highest BCUT2D eigenvalue weighted by atomic mass is 16.4. The third-order valence-corrected chi connectivity index (χ3v) is 2.47. The maximum atomic E-state index is 11.7. The van der Waals surface area contributed by atoms with Crippen LogP contribution in [0.15, 0.2) is 23.0 Å². The van der Waals surface area contributed by atoms with Crippen LogP contribution < -0.4 is 5.32 Å². The molecule has 0 aliphatic rings. The van der Waals surface area contributed by atoms with Crippen LogP contribution >= 0.6 is 0 Å². The fraction of sp³-hybridized carbons (Fsp3) is 0.500. The van der Waals surface area contributed by atoms with Gasteiger partial charge < -0.3 is 19.7 Å². The zero-order valence-corrected chi connectivity index (χ0v) is 10.5. The van der Waals surface area contributed by atoms with Crippen molar-refractivity contribution in [2.75, 3.05) is 13.6 Å². The lowest BCUT2D eigenvalue weighted by molar-refractivity contribution is -0.137. The predicted molar refractivity (Wildman–Crippen MR) is 65.0 cm³/mol. The van der Waals surface area contributed by atoms with Gasteiger partial charge in [-0.3, -0.25) is 4.79 Å². The van der Waals surface area contributed by atoms with E-state index in [0.29, 0.717) is 13.1 Å². The standard InChI is InChI=1S/C12H18N2O4/c1-9(5-11(15)16)6-13-12(17)14(2)7-10-3-4-18-8-10/h3-4,8-9H,5-7H2,1-2H3,(H,13,17)(H,15,16). The first-order chi connectivity index (χ1) is 8.49. The normalized spacial score (nSPS) is 11.9. The maximum Gasteiger partial charge on any atom is 0.317 e. The maximum absolute atomic E-state index is 11.7. The Balaban J connectivity index is 2.29. The van der Waals surface area contributed by atoms with Crippen LogP contribution in [0.25, 0.3) is 0 Å². The molecule has 0 aliphatic carbocycles. The van der Waals surface area contributed by atoms with Gasteiger partial charge >= 0.3 is 12.0 Å². The van der Waals surface area contributed by atoms with E-state index in [1.807, 2.05) is 0 Å². The van der Waals surface area contributed by atoms with Crippen LogP contribution in [-0.4, -0.2) is 35.6 Å². The molecule has 0 spiro atoms. The molecule has 0 saturated heterocycles. The SMILES string of the molecule is CC(CNC(=O)N(C)Cc1ccoc1)CC(=O)O. The van der Waals surface area contributed by atoms with E-state index >= 15 is 0 Å². The van der Waals surface area contributed by atoms with Gasteiger partial charge in [0.05, 0.1) is 19.1 Å². The van der Waals surface area contributed by atoms with Crippen molar-refractivity contribution < 1.29 is 19.1 Å². The first kappa shape index (κ1) is 14.1. The van der Waals surface area contributed by atoms with Crippen molar-refractivity contribution in [1.29, 1.82) is 0 Å². The van der Waals surface area contributed by atoms with Gasteiger partial charge in [-0.1, -0.05) is 6.92 Å². The van der Waals surface area contributed by atoms with E-state index in [1.165, 1.54) is 4.90 Å². The van der Waals surface area contributed by atoms with Crippen molar-refractivity contribution in [2.24, 2.45) is 5.92 Å². The number of rotatable bonds is 6. The number of nitrogens with one attached hydrogen (secondary N) is 1. The van der Waals surface area contributed by atoms with Crippen LogP contribution in [-0.2, 0) is 11.3 Å². The Labute approximate surface area is 106 Å². The Morgan fingerprint density at radius 1 is 1.56 bits per heavy atom. The number of hydrogen-bond acceptors (Lipinski definition) is 3. The number of urea groups is 1. The highest BCUT2D eigenvalue weighted by Crippen LogP contribution is 2.04. The second kappa shape index (κ2) is 6.68. The van der Waals surface area contributed by atoms with Crippen molar-refractivity contribution in [3.63, 3.8) is 0 Å². The monoisotopic (exact) mass is 254 g/mol. The molecule has 0 saturated carbocycles. The molecule has 2 N–H and O–H groups in total. The largest absolute Gasteiger partial charge is 0.481 e. The van der Waals surface area contributed by atoms with Gasteiger partial charge in [0.2, 0.25) is 0 Å². The summed E-state index contributed by atoms with van der Waals surface area (Å²) >= 11 is 0. The lowest BCUT2D eigenvalue weighted by Gasteiger charge is -2.18. The summed E-state index contributed by atoms with van der Waals surface area (Å²) in [6, 6.07) is 1.56. The van der Waals surface area contributed by atoms with E-state index in [1.54, 1.807) is 32.6 Å². The molecule has 0 radical (unpaired) electrons. The Hall–Kier alpha value is -1.98. The zero-order valence-electron chi connectivity index (χ0n) is 10.5. The predicted octanol–water partition coefficient (Wildman–Crippen LogP) is 1.53. The minimum atomic E-state index is -0.858. The van der Waals surface area contributed by atoms with Gasteiger partial charge in [0.15, 0.2) is 0 Å². The van der Waals surface area contributed by atoms with Crippen LogP contribution in [0.2, 0.25) is 0 Å². The van der Waals surface area contributed by atoms with E-state index < -0.39 is 5.97 Å². The molecule has 0 aliphatic heterocycles. The number of carbonyl (C=O) groups excluding carboxylic acids is 1. The Kier molecular flexibility index (Phi) is 5.23. The van der Waals surface area contributed by atoms with E-state index in [-0.39, 0.29) is 18.4 Å². The Bertz CT molecular complexity index is 389. The van der Waals surface area contributed by atoms with E-state index in [9.17, 15) is 9.59 Å². The molecule has 2 amide bonds. The summed E-state index contributed by atoms with van der Waals surface area (Å²) in [4.78, 5) is 23.7. The Morgan fingerprint density at radius 2 is 2.28 bits per heavy atom. The topological polar surface area (TPSA) is 82.8 Å². The molecule has 1 rings (SSSR count). The molecule has 1 atom stereocenters. The summed E-state index contributed by atoms with van der Waals surface area (Å²) in [6.45, 7) is 2.58. The van der Waals surface area contributed by atoms with Crippen molar-refractivity contribution in [3.05, 3.63) is 24.2 Å². The number of hydrogen-bond donors (Lipinski definition) is 2. The zero-order chi connectivity index (χ0) is 13.5. The van der Waals surface area contributed by atoms with Crippen molar-refractivity contribution in [3.8, 4) is 0 Å². The summed E-state index contributed by atoms with van der Waals surface area (Å²) < 4.78 is 4.91. The first-order valence-corrected chi connectivity index (χ1v) is 5.71. The van der Waals surface area contributed by atoms with Gasteiger partial charge in [0.25, 0.3) is 0 Å². The fourth-order valence-corrected chi connectivity index (χ4v) is 1.50. The molecule has 1 heterocycles. The number of carboxylic acid groups (broad SMARTS) is 1. The van der Waals surface area contributed by atoms with Crippen LogP contribution in [0.3, 0.4) is 0 Å². The molecule has 6 nitrogen and oxygen atoms in total. The summed E-state index contributed by atoms with van der Waals surface area (Å²) in [5, 5.41) is 11.3. The molecule has 1 aromatic heterocycles. The lowest BCUT2D eigenvalue weighted by Crippen LogP contribution is -2.39. The third kappa shape index (κ3) is 4.90. The Morgan fingerprint density at radius 3 is 2.83 bits per heavy atom. The van der Waals surface area contributed by atoms with Crippen molar-refractivity contribution >= 4 is 12.0 Å². The molecule has 18 heavy (non-hydrogen) atoms. The molecular formula is C12H18N2O4. The summed E-state index contributed by atoms with van der Waals surface area (Å²) in [6.07, 6.45) is 3.18. The van der Waals surface area contributed by atoms with Gasteiger partial charge in [0, 0.05) is 25.6 Å². The highest BCUT2D eigenvalue weighted by molar-refractivity contribution is 5.74. The first-order valence-electron chi connectivity index (χ1n) is 5.71. The average Bonchev–Trinajstić information content (AvgIpc) is 2.77. The molecule has 100 valence electrons. The van der Waals surface area contributed by atoms with E-state index in [0.717, 1.165) is 5.56 Å². The minimum absolute atomic E-state index is 0.0473. The third-order valence-electron chi connectivity index (χ3n) is 2.47. The van der Waals surface area contributed by atoms with E-state index in [2.05, 4.69) is 5.32 Å². The van der Waals surface area contributed by atoms with E-state index in [4.69, 9.17) is 9.52 Å². The molecule has 0 bridgehead atoms. The second-order valence-corrected chi connectivity index (χ2v) is 4.38. The minimum Gasteiger partial charge on any atom is -0.481 e. The molecule has 0 aromatic carbocycles. The summed E-state index contributed by atoms with van der Waals surface area (Å²) in [7, 11) is 1.67. The number of amides is 2. The van der Waals surface area contributed by atoms with Crippen LogP contribution in [0.5, 0.6) is 0 Å². The highest BCUT2D eigenvalue weighted by Gasteiger charge is 2.12. The number of nitrogens with zero attached hydrogens (tertiary/aromatic N) is 1. The molecule has 6 heteroatoms. The van der Waals surface area contributed by atoms with Gasteiger partial charge in [0.1, 0.15) is 0 Å². The smallest absolute Gasteiger partial charge is 0.317 e. The number of carboxylic acids is 1. The number of carbonyl (C=O) groups is 2. The average molecular weight is 254 g/mol. The number of furan rings is 1. The van der Waals surface area contributed by atoms with Crippen LogP contribution in [0, 0.1) is 5.92 Å². The fourth-order valence-electron chi connectivity index (χ4n) is 1.50.